The second-order valence-corrected chi connectivity index (χ2v) is 7.22. The predicted octanol–water partition coefficient (Wildman–Crippen LogP) is 4.92. The summed E-state index contributed by atoms with van der Waals surface area (Å²) < 4.78 is 0. The van der Waals surface area contributed by atoms with E-state index in [0.29, 0.717) is 12.0 Å². The Balaban J connectivity index is 2.74. The Bertz CT molecular complexity index is 400. The van der Waals surface area contributed by atoms with Gasteiger partial charge in [0.05, 0.1) is 0 Å². The van der Waals surface area contributed by atoms with Gasteiger partial charge in [0.25, 0.3) is 0 Å². The van der Waals surface area contributed by atoms with Crippen LogP contribution in [0.4, 0.5) is 0 Å². The summed E-state index contributed by atoms with van der Waals surface area (Å²) in [6.45, 7) is 10.1. The number of hydrogen-bond acceptors (Lipinski definition) is 2. The third-order valence-electron chi connectivity index (χ3n) is 3.95. The van der Waals surface area contributed by atoms with E-state index >= 15 is 0 Å². The van der Waals surface area contributed by atoms with Crippen LogP contribution in [0.5, 0.6) is 0 Å². The molecule has 0 bridgehead atoms. The van der Waals surface area contributed by atoms with Crippen LogP contribution in [0.2, 0.25) is 5.02 Å². The zero-order valence-corrected chi connectivity index (χ0v) is 14.3. The third kappa shape index (κ3) is 5.02. The highest BCUT2D eigenvalue weighted by Gasteiger charge is 2.26. The van der Waals surface area contributed by atoms with E-state index in [1.165, 1.54) is 5.56 Å². The Hall–Kier alpha value is -0.180. The monoisotopic (exact) mass is 299 g/mol. The minimum Gasteiger partial charge on any atom is -0.299 e. The molecule has 2 atom stereocenters. The molecular weight excluding hydrogens is 274 g/mol. The minimum absolute atomic E-state index is 0.282. The van der Waals surface area contributed by atoms with Crippen molar-refractivity contribution in [3.8, 4) is 0 Å². The average Bonchev–Trinajstić information content (AvgIpc) is 2.33. The number of hydrogen-bond donors (Lipinski definition) is 1. The summed E-state index contributed by atoms with van der Waals surface area (Å²) in [5.41, 5.74) is 1.55. The zero-order chi connectivity index (χ0) is 14.6. The maximum absolute atomic E-state index is 6.07. The lowest BCUT2D eigenvalue weighted by Crippen LogP contribution is -2.35. The molecule has 2 unspecified atom stereocenters. The minimum atomic E-state index is 0.282. The number of halogens is 1. The van der Waals surface area contributed by atoms with Gasteiger partial charge in [0.2, 0.25) is 0 Å². The molecule has 3 heteroatoms. The van der Waals surface area contributed by atoms with Gasteiger partial charge in [0.15, 0.2) is 0 Å². The molecule has 0 aliphatic heterocycles. The van der Waals surface area contributed by atoms with E-state index < -0.39 is 0 Å². The third-order valence-corrected chi connectivity index (χ3v) is 4.62. The highest BCUT2D eigenvalue weighted by molar-refractivity contribution is 7.80. The molecule has 1 rings (SSSR count). The molecule has 1 nitrogen and oxygen atoms in total. The van der Waals surface area contributed by atoms with Gasteiger partial charge in [-0.2, -0.15) is 12.6 Å². The second-order valence-electron chi connectivity index (χ2n) is 6.42. The van der Waals surface area contributed by atoms with Gasteiger partial charge in [0, 0.05) is 17.6 Å². The zero-order valence-electron chi connectivity index (χ0n) is 12.7. The first-order chi connectivity index (χ1) is 8.75. The van der Waals surface area contributed by atoms with Gasteiger partial charge in [-0.15, -0.1) is 0 Å². The summed E-state index contributed by atoms with van der Waals surface area (Å²) in [7, 11) is 2.17. The Labute approximate surface area is 128 Å². The first-order valence-electron chi connectivity index (χ1n) is 6.82. The van der Waals surface area contributed by atoms with E-state index in [2.05, 4.69) is 64.4 Å². The summed E-state index contributed by atoms with van der Waals surface area (Å²) in [6, 6.07) is 8.49. The van der Waals surface area contributed by atoms with Crippen molar-refractivity contribution < 1.29 is 0 Å². The summed E-state index contributed by atoms with van der Waals surface area (Å²) in [4.78, 5) is 2.39. The van der Waals surface area contributed by atoms with Crippen molar-refractivity contribution in [3.63, 3.8) is 0 Å². The van der Waals surface area contributed by atoms with Gasteiger partial charge in [-0.3, -0.25) is 4.90 Å². The highest BCUT2D eigenvalue weighted by atomic mass is 35.5. The number of benzene rings is 1. The van der Waals surface area contributed by atoms with Crippen molar-refractivity contribution in [3.05, 3.63) is 34.9 Å². The SMILES string of the molecule is CC(c1cccc(Cl)c1)N(C)CC(CS)C(C)(C)C. The lowest BCUT2D eigenvalue weighted by atomic mass is 9.81. The average molecular weight is 300 g/mol. The highest BCUT2D eigenvalue weighted by Crippen LogP contribution is 2.30. The Morgan fingerprint density at radius 3 is 2.42 bits per heavy atom. The van der Waals surface area contributed by atoms with E-state index in [9.17, 15) is 0 Å². The fourth-order valence-electron chi connectivity index (χ4n) is 2.13. The van der Waals surface area contributed by atoms with Crippen LogP contribution in [0, 0.1) is 11.3 Å². The summed E-state index contributed by atoms with van der Waals surface area (Å²) in [5.74, 6) is 1.48. The van der Waals surface area contributed by atoms with Gasteiger partial charge in [-0.25, -0.2) is 0 Å². The molecule has 0 fully saturated rings. The smallest absolute Gasteiger partial charge is 0.0409 e. The fraction of sp³-hybridized carbons (Fsp3) is 0.625. The molecule has 0 radical (unpaired) electrons. The molecule has 19 heavy (non-hydrogen) atoms. The molecule has 0 aromatic heterocycles. The van der Waals surface area contributed by atoms with Crippen LogP contribution < -0.4 is 0 Å². The normalized spacial score (nSPS) is 15.6. The molecule has 1 aromatic carbocycles. The summed E-state index contributed by atoms with van der Waals surface area (Å²) in [5, 5.41) is 0.805. The van der Waals surface area contributed by atoms with Gasteiger partial charge < -0.3 is 0 Å². The summed E-state index contributed by atoms with van der Waals surface area (Å²) >= 11 is 10.6. The lowest BCUT2D eigenvalue weighted by molar-refractivity contribution is 0.158. The van der Waals surface area contributed by atoms with Crippen molar-refractivity contribution >= 4 is 24.2 Å². The van der Waals surface area contributed by atoms with Crippen LogP contribution in [0.1, 0.15) is 39.3 Å². The molecule has 0 heterocycles. The van der Waals surface area contributed by atoms with E-state index in [1.807, 2.05) is 12.1 Å². The van der Waals surface area contributed by atoms with E-state index in [0.717, 1.165) is 17.3 Å². The molecule has 0 amide bonds. The summed E-state index contributed by atoms with van der Waals surface area (Å²) in [6.07, 6.45) is 0. The Morgan fingerprint density at radius 1 is 1.32 bits per heavy atom. The molecule has 0 N–H and O–H groups in total. The van der Waals surface area contributed by atoms with Gasteiger partial charge >= 0.3 is 0 Å². The quantitative estimate of drug-likeness (QED) is 0.755. The molecule has 0 aliphatic carbocycles. The van der Waals surface area contributed by atoms with Crippen molar-refractivity contribution in [2.24, 2.45) is 11.3 Å². The van der Waals surface area contributed by atoms with Crippen molar-refractivity contribution in [1.29, 1.82) is 0 Å². The number of thiol groups is 1. The van der Waals surface area contributed by atoms with Crippen molar-refractivity contribution in [2.45, 2.75) is 33.7 Å². The van der Waals surface area contributed by atoms with Gasteiger partial charge in [-0.05, 0) is 48.8 Å². The van der Waals surface area contributed by atoms with Crippen molar-refractivity contribution in [2.75, 3.05) is 19.3 Å². The second kappa shape index (κ2) is 7.01. The van der Waals surface area contributed by atoms with E-state index in [1.54, 1.807) is 0 Å². The number of nitrogens with zero attached hydrogens (tertiary/aromatic N) is 1. The van der Waals surface area contributed by atoms with Gasteiger partial charge in [-0.1, -0.05) is 44.5 Å². The van der Waals surface area contributed by atoms with Crippen LogP contribution in [0.15, 0.2) is 24.3 Å². The largest absolute Gasteiger partial charge is 0.299 e. The molecule has 0 saturated carbocycles. The van der Waals surface area contributed by atoms with Crippen LogP contribution in [0.3, 0.4) is 0 Å². The molecule has 0 spiro atoms. The maximum atomic E-state index is 6.07. The van der Waals surface area contributed by atoms with Crippen molar-refractivity contribution in [1.82, 2.24) is 4.90 Å². The molecule has 1 aromatic rings. The maximum Gasteiger partial charge on any atom is 0.0409 e. The standard InChI is InChI=1S/C16H26ClNS/c1-12(13-7-6-8-15(17)9-13)18(5)10-14(11-19)16(2,3)4/h6-9,12,14,19H,10-11H2,1-5H3. The topological polar surface area (TPSA) is 3.24 Å². The van der Waals surface area contributed by atoms with Crippen LogP contribution >= 0.6 is 24.2 Å². The molecule has 0 saturated heterocycles. The molecular formula is C16H26ClNS. The molecule has 0 aliphatic rings. The first-order valence-corrected chi connectivity index (χ1v) is 7.83. The van der Waals surface area contributed by atoms with E-state index in [4.69, 9.17) is 11.6 Å². The Kier molecular flexibility index (Phi) is 6.22. The lowest BCUT2D eigenvalue weighted by Gasteiger charge is -2.35. The number of rotatable bonds is 5. The first kappa shape index (κ1) is 16.9. The van der Waals surface area contributed by atoms with E-state index in [-0.39, 0.29) is 5.41 Å². The molecule has 108 valence electrons. The van der Waals surface area contributed by atoms with Crippen LogP contribution in [-0.4, -0.2) is 24.2 Å². The van der Waals surface area contributed by atoms with Crippen LogP contribution in [0.25, 0.3) is 0 Å². The Morgan fingerprint density at radius 2 is 1.95 bits per heavy atom. The fourth-order valence-corrected chi connectivity index (χ4v) is 2.99. The van der Waals surface area contributed by atoms with Crippen LogP contribution in [-0.2, 0) is 0 Å². The van der Waals surface area contributed by atoms with Gasteiger partial charge in [0.1, 0.15) is 0 Å². The predicted molar refractivity (Wildman–Crippen MR) is 89.3 cm³/mol.